The number of aliphatic hydroxyl groups is 1. The average Bonchev–Trinajstić information content (AvgIpc) is 4.06. The van der Waals surface area contributed by atoms with Crippen molar-refractivity contribution >= 4 is 51.2 Å². The first-order valence-electron chi connectivity index (χ1n) is 23.6. The minimum absolute atomic E-state index is 0.313. The highest BCUT2D eigenvalue weighted by atomic mass is 127. The molecule has 0 saturated carbocycles. The van der Waals surface area contributed by atoms with Crippen molar-refractivity contribution in [1.29, 1.82) is 0 Å². The number of halogens is 1. The Balaban J connectivity index is 0.000000240. The molecule has 18 nitrogen and oxygen atoms in total. The third kappa shape index (κ3) is 15.6. The number of nitrogens with two attached hydrogens (primary N) is 2. The highest BCUT2D eigenvalue weighted by Crippen LogP contribution is 2.42. The molecule has 7 atom stereocenters. The summed E-state index contributed by atoms with van der Waals surface area (Å²) in [6.45, 7) is 16.9. The standard InChI is InChI=1S/C23H38N4O5.C17H32O5.C6H5IN4/c1-4-7-12-29-15-18-20(30-13-8-5-2)21(31-14-9-6-3)23(28,32-18)19-11-10-17-22(24)25-16-26-27(17)19;1-4-7-10-19-13-14-15(20-11-8-5-2)16(17(18)22-14)21-12-9-6-3;7-5-2-1-4-6(8)9-3-10-11(4)5/h10-11,16,18,20-21,28H,4-9,12-15H2,1-3H3,(H2,24,25,26);14-16H,4-13H2,1-3H3;1-3H,(H2,8,9,10)/t18-,20-,21-,23?;14-,15-,16-;/m11./s1. The maximum Gasteiger partial charge on any atom is 0.338 e. The highest BCUT2D eigenvalue weighted by molar-refractivity contribution is 14.1. The van der Waals surface area contributed by atoms with E-state index in [2.05, 4.69) is 84.3 Å². The first-order chi connectivity index (χ1) is 31.6. The second-order valence-electron chi connectivity index (χ2n) is 16.1. The lowest BCUT2D eigenvalue weighted by atomic mass is 10.0. The molecule has 0 aromatic carbocycles. The lowest BCUT2D eigenvalue weighted by Gasteiger charge is -2.30. The first kappa shape index (κ1) is 54.3. The molecule has 0 aliphatic carbocycles. The molecule has 19 heteroatoms. The summed E-state index contributed by atoms with van der Waals surface area (Å²) in [5.41, 5.74) is 13.5. The second-order valence-corrected chi connectivity index (χ2v) is 17.2. The van der Waals surface area contributed by atoms with Crippen LogP contribution in [0.4, 0.5) is 11.6 Å². The van der Waals surface area contributed by atoms with Gasteiger partial charge in [0.05, 0.1) is 13.2 Å². The Hall–Kier alpha value is -3.28. The van der Waals surface area contributed by atoms with Gasteiger partial charge in [-0.15, -0.1) is 0 Å². The van der Waals surface area contributed by atoms with Gasteiger partial charge in [0, 0.05) is 39.6 Å². The molecular formula is C46H75IN8O10. The van der Waals surface area contributed by atoms with E-state index in [1.165, 1.54) is 12.7 Å². The predicted octanol–water partition coefficient (Wildman–Crippen LogP) is 7.06. The summed E-state index contributed by atoms with van der Waals surface area (Å²) >= 11 is 2.19. The van der Waals surface area contributed by atoms with Crippen LogP contribution in [-0.2, 0) is 48.5 Å². The number of nitrogens with zero attached hydrogens (tertiary/aromatic N) is 6. The molecule has 6 heterocycles. The Morgan fingerprint density at radius 3 is 1.69 bits per heavy atom. The van der Waals surface area contributed by atoms with E-state index in [4.69, 9.17) is 49.4 Å². The van der Waals surface area contributed by atoms with Crippen LogP contribution in [0.5, 0.6) is 0 Å². The summed E-state index contributed by atoms with van der Waals surface area (Å²) in [6, 6.07) is 7.37. The number of carbonyl (C=O) groups is 1. The van der Waals surface area contributed by atoms with Gasteiger partial charge in [-0.25, -0.2) is 23.8 Å². The Labute approximate surface area is 398 Å². The summed E-state index contributed by atoms with van der Waals surface area (Å²) in [6.07, 6.45) is 11.7. The zero-order valence-electron chi connectivity index (χ0n) is 39.4. The minimum atomic E-state index is -1.77. The van der Waals surface area contributed by atoms with E-state index in [1.807, 2.05) is 12.1 Å². The van der Waals surface area contributed by atoms with Crippen LogP contribution in [0.15, 0.2) is 36.9 Å². The molecule has 366 valence electrons. The molecule has 4 aromatic rings. The van der Waals surface area contributed by atoms with Crippen molar-refractivity contribution < 1.29 is 47.8 Å². The van der Waals surface area contributed by atoms with Crippen LogP contribution in [0.1, 0.15) is 124 Å². The Kier molecular flexibility index (Phi) is 24.6. The van der Waals surface area contributed by atoms with Gasteiger partial charge in [-0.2, -0.15) is 10.2 Å². The third-order valence-corrected chi connectivity index (χ3v) is 11.7. The van der Waals surface area contributed by atoms with E-state index < -0.39 is 30.2 Å². The summed E-state index contributed by atoms with van der Waals surface area (Å²) < 4.78 is 51.5. The number of hydrogen-bond acceptors (Lipinski definition) is 16. The van der Waals surface area contributed by atoms with E-state index in [0.29, 0.717) is 75.7 Å². The molecular weight excluding hydrogens is 951 g/mol. The third-order valence-electron chi connectivity index (χ3n) is 10.9. The summed E-state index contributed by atoms with van der Waals surface area (Å²) in [5.74, 6) is -1.24. The molecule has 1 unspecified atom stereocenters. The molecule has 65 heavy (non-hydrogen) atoms. The molecule has 0 spiro atoms. The van der Waals surface area contributed by atoms with Gasteiger partial charge >= 0.3 is 5.97 Å². The lowest BCUT2D eigenvalue weighted by molar-refractivity contribution is -0.253. The number of aromatic nitrogens is 6. The van der Waals surface area contributed by atoms with Crippen molar-refractivity contribution in [2.75, 3.05) is 64.3 Å². The van der Waals surface area contributed by atoms with Crippen LogP contribution in [0.3, 0.4) is 0 Å². The first-order valence-corrected chi connectivity index (χ1v) is 24.7. The molecule has 2 saturated heterocycles. The molecule has 6 rings (SSSR count). The number of rotatable bonds is 27. The van der Waals surface area contributed by atoms with Crippen LogP contribution in [0.25, 0.3) is 11.0 Å². The Morgan fingerprint density at radius 2 is 1.12 bits per heavy atom. The number of carbonyl (C=O) groups excluding carboxylic acids is 1. The van der Waals surface area contributed by atoms with Crippen LogP contribution in [0.2, 0.25) is 0 Å². The van der Waals surface area contributed by atoms with E-state index in [9.17, 15) is 9.90 Å². The van der Waals surface area contributed by atoms with Gasteiger partial charge in [0.2, 0.25) is 5.79 Å². The van der Waals surface area contributed by atoms with E-state index in [0.717, 1.165) is 86.3 Å². The number of nitrogen functional groups attached to an aromatic ring is 2. The van der Waals surface area contributed by atoms with Crippen LogP contribution < -0.4 is 11.5 Å². The van der Waals surface area contributed by atoms with E-state index in [-0.39, 0.29) is 18.2 Å². The molecule has 5 N–H and O–H groups in total. The van der Waals surface area contributed by atoms with Gasteiger partial charge in [-0.3, -0.25) is 0 Å². The number of esters is 1. The number of ether oxygens (including phenoxy) is 8. The molecule has 0 amide bonds. The van der Waals surface area contributed by atoms with Crippen molar-refractivity contribution in [3.05, 3.63) is 46.3 Å². The Morgan fingerprint density at radius 1 is 0.646 bits per heavy atom. The van der Waals surface area contributed by atoms with Crippen molar-refractivity contribution in [3.63, 3.8) is 0 Å². The van der Waals surface area contributed by atoms with Crippen LogP contribution in [-0.4, -0.2) is 130 Å². The van der Waals surface area contributed by atoms with Gasteiger partial charge < -0.3 is 54.5 Å². The van der Waals surface area contributed by atoms with Gasteiger partial charge in [0.1, 0.15) is 57.5 Å². The van der Waals surface area contributed by atoms with Gasteiger partial charge in [-0.05, 0) is 85.4 Å². The van der Waals surface area contributed by atoms with Gasteiger partial charge in [-0.1, -0.05) is 80.1 Å². The van der Waals surface area contributed by atoms with Crippen LogP contribution in [0, 0.1) is 3.70 Å². The molecule has 2 fully saturated rings. The Bertz CT molecular complexity index is 1940. The quantitative estimate of drug-likeness (QED) is 0.0309. The monoisotopic (exact) mass is 1030 g/mol. The molecule has 4 aromatic heterocycles. The van der Waals surface area contributed by atoms with Crippen molar-refractivity contribution in [1.82, 2.24) is 29.2 Å². The second kappa shape index (κ2) is 29.5. The largest absolute Gasteiger partial charge is 0.455 e. The normalized spacial score (nSPS) is 22.8. The minimum Gasteiger partial charge on any atom is -0.455 e. The number of anilines is 2. The van der Waals surface area contributed by atoms with E-state index in [1.54, 1.807) is 21.2 Å². The van der Waals surface area contributed by atoms with Crippen molar-refractivity contribution in [2.24, 2.45) is 0 Å². The number of cyclic esters (lactones) is 1. The fraction of sp³-hybridized carbons (Fsp3) is 0.717. The molecule has 0 bridgehead atoms. The maximum absolute atomic E-state index is 12.0. The SMILES string of the molecule is CCCCOC[C@H]1OC(=O)[C@H](OCCCC)[C@@H]1OCCCC.CCCCOC[C@H]1OC(O)(c2ccc3c(N)ncnn23)[C@H](OCCCC)[C@@H]1OCCCC.Nc1ncnn2c(I)ccc12. The summed E-state index contributed by atoms with van der Waals surface area (Å²) in [5, 5.41) is 20.2. The van der Waals surface area contributed by atoms with Crippen molar-refractivity contribution in [2.45, 2.75) is 161 Å². The maximum atomic E-state index is 12.0. The summed E-state index contributed by atoms with van der Waals surface area (Å²) in [4.78, 5) is 19.9. The van der Waals surface area contributed by atoms with E-state index >= 15 is 0 Å². The fourth-order valence-corrected chi connectivity index (χ4v) is 7.66. The smallest absolute Gasteiger partial charge is 0.338 e. The van der Waals surface area contributed by atoms with Crippen LogP contribution >= 0.6 is 22.6 Å². The average molecular weight is 1030 g/mol. The lowest BCUT2D eigenvalue weighted by Crippen LogP contribution is -2.45. The summed E-state index contributed by atoms with van der Waals surface area (Å²) in [7, 11) is 0. The number of fused-ring (bicyclic) bond motifs is 2. The zero-order valence-corrected chi connectivity index (χ0v) is 41.6. The van der Waals surface area contributed by atoms with Gasteiger partial charge in [0.15, 0.2) is 23.8 Å². The van der Waals surface area contributed by atoms with Gasteiger partial charge in [0.25, 0.3) is 0 Å². The zero-order chi connectivity index (χ0) is 47.0. The predicted molar refractivity (Wildman–Crippen MR) is 256 cm³/mol. The molecule has 0 radical (unpaired) electrons. The number of hydrogen-bond donors (Lipinski definition) is 3. The van der Waals surface area contributed by atoms with Crippen molar-refractivity contribution in [3.8, 4) is 0 Å². The molecule has 2 aliphatic heterocycles. The topological polar surface area (TPSA) is 224 Å². The molecule has 2 aliphatic rings. The number of unbranched alkanes of at least 4 members (excludes halogenated alkanes) is 6. The fourth-order valence-electron chi connectivity index (χ4n) is 7.09. The highest BCUT2D eigenvalue weighted by Gasteiger charge is 2.58.